The first-order chi connectivity index (χ1) is 11.9. The maximum Gasteiger partial charge on any atom is 0.335 e. The fourth-order valence-corrected chi connectivity index (χ4v) is 4.28. The van der Waals surface area contributed by atoms with Crippen molar-refractivity contribution in [3.8, 4) is 0 Å². The van der Waals surface area contributed by atoms with Gasteiger partial charge in [-0.2, -0.15) is 0 Å². The zero-order chi connectivity index (χ0) is 18.4. The Balaban J connectivity index is 2.18. The molecule has 1 aromatic carbocycles. The molecule has 138 valence electrons. The Labute approximate surface area is 156 Å². The van der Waals surface area contributed by atoms with Crippen molar-refractivity contribution in [3.05, 3.63) is 46.3 Å². The summed E-state index contributed by atoms with van der Waals surface area (Å²) in [5.41, 5.74) is 1.35. The summed E-state index contributed by atoms with van der Waals surface area (Å²) in [4.78, 5) is 12.4. The number of benzene rings is 1. The van der Waals surface area contributed by atoms with Crippen molar-refractivity contribution in [1.29, 1.82) is 0 Å². The molecule has 0 N–H and O–H groups in total. The molecule has 0 aliphatic heterocycles. The molecule has 1 aliphatic carbocycles. The standard InChI is InChI=1S/C18H22ClFO4S/c1-4-24-17(21)14-10-18(22-2,23-3)8-7-16(14)25-11-12-5-6-13(20)9-15(12)19/h5-6,9-10,16H,4,7-8,11H2,1-3H3. The molecule has 7 heteroatoms. The first-order valence-corrected chi connectivity index (χ1v) is 9.43. The van der Waals surface area contributed by atoms with Crippen molar-refractivity contribution in [2.75, 3.05) is 20.8 Å². The average molecular weight is 389 g/mol. The van der Waals surface area contributed by atoms with Crippen LogP contribution in [-0.2, 0) is 24.8 Å². The van der Waals surface area contributed by atoms with E-state index in [-0.39, 0.29) is 17.0 Å². The van der Waals surface area contributed by atoms with Crippen LogP contribution in [0, 0.1) is 5.82 Å². The molecular weight excluding hydrogens is 367 g/mol. The van der Waals surface area contributed by atoms with E-state index < -0.39 is 5.79 Å². The molecule has 1 atom stereocenters. The highest BCUT2D eigenvalue weighted by atomic mass is 35.5. The normalized spacial score (nSPS) is 19.4. The monoisotopic (exact) mass is 388 g/mol. The Morgan fingerprint density at radius 1 is 1.40 bits per heavy atom. The van der Waals surface area contributed by atoms with Crippen LogP contribution in [0.2, 0.25) is 5.02 Å². The van der Waals surface area contributed by atoms with Gasteiger partial charge in [0.2, 0.25) is 0 Å². The highest BCUT2D eigenvalue weighted by Crippen LogP contribution is 2.38. The molecule has 0 spiro atoms. The number of methoxy groups -OCH3 is 2. The predicted molar refractivity (Wildman–Crippen MR) is 97.2 cm³/mol. The lowest BCUT2D eigenvalue weighted by Gasteiger charge is -2.35. The molecule has 1 aromatic rings. The molecule has 2 rings (SSSR count). The highest BCUT2D eigenvalue weighted by molar-refractivity contribution is 7.99. The average Bonchev–Trinajstić information content (AvgIpc) is 2.61. The van der Waals surface area contributed by atoms with E-state index in [1.54, 1.807) is 45.0 Å². The van der Waals surface area contributed by atoms with E-state index in [2.05, 4.69) is 0 Å². The minimum Gasteiger partial charge on any atom is -0.463 e. The van der Waals surface area contributed by atoms with E-state index in [0.717, 1.165) is 5.56 Å². The lowest BCUT2D eigenvalue weighted by Crippen LogP contribution is -2.38. The number of thioether (sulfide) groups is 1. The summed E-state index contributed by atoms with van der Waals surface area (Å²) in [7, 11) is 3.10. The number of hydrogen-bond donors (Lipinski definition) is 0. The maximum atomic E-state index is 13.2. The van der Waals surface area contributed by atoms with E-state index in [1.807, 2.05) is 0 Å². The van der Waals surface area contributed by atoms with E-state index in [4.69, 9.17) is 25.8 Å². The molecule has 1 unspecified atom stereocenters. The SMILES string of the molecule is CCOC(=O)C1=CC(OC)(OC)CCC1SCc1ccc(F)cc1Cl. The largest absolute Gasteiger partial charge is 0.463 e. The number of carbonyl (C=O) groups is 1. The van der Waals surface area contributed by atoms with Gasteiger partial charge in [0.15, 0.2) is 5.79 Å². The highest BCUT2D eigenvalue weighted by Gasteiger charge is 2.38. The van der Waals surface area contributed by atoms with Crippen LogP contribution in [0.3, 0.4) is 0 Å². The van der Waals surface area contributed by atoms with Gasteiger partial charge in [-0.3, -0.25) is 0 Å². The van der Waals surface area contributed by atoms with Crippen LogP contribution in [0.25, 0.3) is 0 Å². The first kappa shape index (κ1) is 20.2. The van der Waals surface area contributed by atoms with Gasteiger partial charge >= 0.3 is 5.97 Å². The summed E-state index contributed by atoms with van der Waals surface area (Å²) in [5, 5.41) is 0.312. The Hall–Kier alpha value is -1.08. The molecule has 0 saturated carbocycles. The lowest BCUT2D eigenvalue weighted by molar-refractivity contribution is -0.178. The third-order valence-electron chi connectivity index (χ3n) is 4.13. The third-order valence-corrected chi connectivity index (χ3v) is 5.86. The number of ether oxygens (including phenoxy) is 3. The van der Waals surface area contributed by atoms with E-state index >= 15 is 0 Å². The summed E-state index contributed by atoms with van der Waals surface area (Å²) in [6, 6.07) is 4.34. The summed E-state index contributed by atoms with van der Waals surface area (Å²) < 4.78 is 29.3. The number of esters is 1. The molecule has 1 aliphatic rings. The van der Waals surface area contributed by atoms with Crippen molar-refractivity contribution in [2.24, 2.45) is 0 Å². The van der Waals surface area contributed by atoms with Crippen LogP contribution in [0.5, 0.6) is 0 Å². The van der Waals surface area contributed by atoms with Crippen LogP contribution in [0.15, 0.2) is 29.8 Å². The van der Waals surface area contributed by atoms with Crippen molar-refractivity contribution >= 4 is 29.3 Å². The number of rotatable bonds is 7. The number of carbonyl (C=O) groups excluding carboxylic acids is 1. The van der Waals surface area contributed by atoms with Gasteiger partial charge in [-0.1, -0.05) is 17.7 Å². The topological polar surface area (TPSA) is 44.8 Å². The van der Waals surface area contributed by atoms with Crippen molar-refractivity contribution < 1.29 is 23.4 Å². The van der Waals surface area contributed by atoms with Gasteiger partial charge in [0, 0.05) is 36.7 Å². The Morgan fingerprint density at radius 2 is 2.12 bits per heavy atom. The second kappa shape index (κ2) is 9.03. The van der Waals surface area contributed by atoms with Gasteiger partial charge in [0.25, 0.3) is 0 Å². The number of hydrogen-bond acceptors (Lipinski definition) is 5. The van der Waals surface area contributed by atoms with Gasteiger partial charge < -0.3 is 14.2 Å². The smallest absolute Gasteiger partial charge is 0.335 e. The van der Waals surface area contributed by atoms with Gasteiger partial charge in [0.1, 0.15) is 5.82 Å². The first-order valence-electron chi connectivity index (χ1n) is 8.00. The second-order valence-electron chi connectivity index (χ2n) is 5.61. The maximum absolute atomic E-state index is 13.2. The van der Waals surface area contributed by atoms with Gasteiger partial charge in [-0.05, 0) is 37.1 Å². The fourth-order valence-electron chi connectivity index (χ4n) is 2.70. The van der Waals surface area contributed by atoms with E-state index in [9.17, 15) is 9.18 Å². The molecule has 0 radical (unpaired) electrons. The minimum atomic E-state index is -0.910. The predicted octanol–water partition coefficient (Wildman–Crippen LogP) is 4.35. The van der Waals surface area contributed by atoms with E-state index in [0.29, 0.717) is 35.8 Å². The van der Waals surface area contributed by atoms with E-state index in [1.165, 1.54) is 12.1 Å². The van der Waals surface area contributed by atoms with Gasteiger partial charge in [0.05, 0.1) is 12.2 Å². The third kappa shape index (κ3) is 4.97. The zero-order valence-electron chi connectivity index (χ0n) is 14.5. The van der Waals surface area contributed by atoms with Crippen LogP contribution < -0.4 is 0 Å². The molecule has 0 aromatic heterocycles. The van der Waals surface area contributed by atoms with Crippen molar-refractivity contribution in [1.82, 2.24) is 0 Å². The van der Waals surface area contributed by atoms with Crippen LogP contribution in [-0.4, -0.2) is 37.8 Å². The number of halogens is 2. The summed E-state index contributed by atoms with van der Waals surface area (Å²) in [6.45, 7) is 2.06. The van der Waals surface area contributed by atoms with Gasteiger partial charge in [-0.15, -0.1) is 11.8 Å². The van der Waals surface area contributed by atoms with Crippen LogP contribution in [0.4, 0.5) is 4.39 Å². The Bertz CT molecular complexity index is 646. The molecule has 0 fully saturated rings. The molecule has 4 nitrogen and oxygen atoms in total. The molecule has 25 heavy (non-hydrogen) atoms. The lowest BCUT2D eigenvalue weighted by atomic mass is 9.94. The minimum absolute atomic E-state index is 0.0707. The molecule has 0 amide bonds. The molecule has 0 bridgehead atoms. The summed E-state index contributed by atoms with van der Waals surface area (Å²) in [6.07, 6.45) is 3.02. The van der Waals surface area contributed by atoms with Crippen LogP contribution in [0.1, 0.15) is 25.3 Å². The van der Waals surface area contributed by atoms with Gasteiger partial charge in [-0.25, -0.2) is 9.18 Å². The summed E-state index contributed by atoms with van der Waals surface area (Å²) in [5.74, 6) is -1.09. The Morgan fingerprint density at radius 3 is 2.72 bits per heavy atom. The second-order valence-corrected chi connectivity index (χ2v) is 7.21. The van der Waals surface area contributed by atoms with Crippen molar-refractivity contribution in [3.63, 3.8) is 0 Å². The molecule has 0 saturated heterocycles. The Kier molecular flexibility index (Phi) is 7.31. The molecular formula is C18H22ClFO4S. The summed E-state index contributed by atoms with van der Waals surface area (Å²) >= 11 is 7.65. The zero-order valence-corrected chi connectivity index (χ0v) is 16.1. The van der Waals surface area contributed by atoms with Crippen molar-refractivity contribution in [2.45, 2.75) is 36.6 Å². The fraction of sp³-hybridized carbons (Fsp3) is 0.500. The quantitative estimate of drug-likeness (QED) is 0.513. The van der Waals surface area contributed by atoms with Crippen LogP contribution >= 0.6 is 23.4 Å². The molecule has 0 heterocycles.